The molecule has 0 saturated carbocycles. The van der Waals surface area contributed by atoms with E-state index in [1.807, 2.05) is 36.4 Å². The highest BCUT2D eigenvalue weighted by Crippen LogP contribution is 2.30. The molecule has 5 nitrogen and oxygen atoms in total. The molecule has 2 amide bonds. The lowest BCUT2D eigenvalue weighted by molar-refractivity contribution is -0.114. The number of halogens is 1. The first-order chi connectivity index (χ1) is 15.5. The zero-order valence-electron chi connectivity index (χ0n) is 18.0. The minimum absolute atomic E-state index is 0.0210. The van der Waals surface area contributed by atoms with Gasteiger partial charge in [-0.25, -0.2) is 4.39 Å². The SMILES string of the molecule is CC(=O)Nc1ccc(F)c(C(=O)N2CCN(C(c3ccccc3)c3ccccc3)CC2)c1. The minimum Gasteiger partial charge on any atom is -0.336 e. The summed E-state index contributed by atoms with van der Waals surface area (Å²) in [5.41, 5.74) is 2.79. The molecule has 0 aromatic heterocycles. The number of benzene rings is 3. The predicted molar refractivity (Wildman–Crippen MR) is 123 cm³/mol. The number of carbonyl (C=O) groups is 2. The lowest BCUT2D eigenvalue weighted by Gasteiger charge is -2.39. The van der Waals surface area contributed by atoms with E-state index in [2.05, 4.69) is 34.5 Å². The maximum atomic E-state index is 14.4. The number of hydrogen-bond donors (Lipinski definition) is 1. The molecule has 1 saturated heterocycles. The fourth-order valence-corrected chi connectivity index (χ4v) is 4.21. The van der Waals surface area contributed by atoms with E-state index >= 15 is 0 Å². The molecule has 3 aromatic rings. The molecule has 0 spiro atoms. The van der Waals surface area contributed by atoms with Gasteiger partial charge in [0.2, 0.25) is 5.91 Å². The molecular formula is C26H26FN3O2. The molecule has 1 heterocycles. The molecule has 0 aliphatic carbocycles. The van der Waals surface area contributed by atoms with E-state index in [1.54, 1.807) is 4.90 Å². The standard InChI is InChI=1S/C26H26FN3O2/c1-19(31)28-22-12-13-24(27)23(18-22)26(32)30-16-14-29(15-17-30)25(20-8-4-2-5-9-20)21-10-6-3-7-11-21/h2-13,18,25H,14-17H2,1H3,(H,28,31). The summed E-state index contributed by atoms with van der Waals surface area (Å²) in [6.07, 6.45) is 0. The van der Waals surface area contributed by atoms with Crippen molar-refractivity contribution in [1.29, 1.82) is 0 Å². The molecule has 4 rings (SSSR count). The van der Waals surface area contributed by atoms with Crippen LogP contribution in [-0.4, -0.2) is 47.8 Å². The van der Waals surface area contributed by atoms with Crippen LogP contribution in [0.2, 0.25) is 0 Å². The normalized spacial score (nSPS) is 14.4. The Labute approximate surface area is 187 Å². The molecule has 0 unspecified atom stereocenters. The van der Waals surface area contributed by atoms with E-state index in [9.17, 15) is 14.0 Å². The topological polar surface area (TPSA) is 52.7 Å². The van der Waals surface area contributed by atoms with E-state index in [1.165, 1.54) is 36.2 Å². The molecule has 32 heavy (non-hydrogen) atoms. The molecule has 1 aliphatic rings. The maximum absolute atomic E-state index is 14.4. The van der Waals surface area contributed by atoms with Gasteiger partial charge in [-0.2, -0.15) is 0 Å². The second-order valence-corrected chi connectivity index (χ2v) is 7.93. The first kappa shape index (κ1) is 21.7. The van der Waals surface area contributed by atoms with Crippen molar-refractivity contribution < 1.29 is 14.0 Å². The van der Waals surface area contributed by atoms with Crippen molar-refractivity contribution in [3.05, 3.63) is 101 Å². The molecule has 0 atom stereocenters. The van der Waals surface area contributed by atoms with Crippen molar-refractivity contribution in [1.82, 2.24) is 9.80 Å². The van der Waals surface area contributed by atoms with Gasteiger partial charge in [0, 0.05) is 38.8 Å². The second kappa shape index (κ2) is 9.75. The van der Waals surface area contributed by atoms with E-state index in [0.29, 0.717) is 31.9 Å². The fourth-order valence-electron chi connectivity index (χ4n) is 4.21. The number of rotatable bonds is 5. The van der Waals surface area contributed by atoms with Crippen LogP contribution < -0.4 is 5.32 Å². The van der Waals surface area contributed by atoms with Crippen molar-refractivity contribution in [3.63, 3.8) is 0 Å². The Hall–Kier alpha value is -3.51. The summed E-state index contributed by atoms with van der Waals surface area (Å²) in [5, 5.41) is 2.60. The van der Waals surface area contributed by atoms with Gasteiger partial charge in [-0.1, -0.05) is 60.7 Å². The van der Waals surface area contributed by atoms with Crippen LogP contribution >= 0.6 is 0 Å². The number of amides is 2. The van der Waals surface area contributed by atoms with E-state index in [4.69, 9.17) is 0 Å². The summed E-state index contributed by atoms with van der Waals surface area (Å²) in [6.45, 7) is 3.72. The fraction of sp³-hybridized carbons (Fsp3) is 0.231. The van der Waals surface area contributed by atoms with Gasteiger partial charge in [-0.05, 0) is 29.3 Å². The van der Waals surface area contributed by atoms with E-state index < -0.39 is 5.82 Å². The Bertz CT molecular complexity index is 1040. The molecule has 1 aliphatic heterocycles. The monoisotopic (exact) mass is 431 g/mol. The third-order valence-corrected chi connectivity index (χ3v) is 5.71. The van der Waals surface area contributed by atoms with Crippen LogP contribution in [0, 0.1) is 5.82 Å². The van der Waals surface area contributed by atoms with Crippen molar-refractivity contribution in [2.75, 3.05) is 31.5 Å². The van der Waals surface area contributed by atoms with Crippen molar-refractivity contribution in [2.45, 2.75) is 13.0 Å². The summed E-state index contributed by atoms with van der Waals surface area (Å²) in [6, 6.07) is 24.8. The Morgan fingerprint density at radius 3 is 1.94 bits per heavy atom. The van der Waals surface area contributed by atoms with Crippen molar-refractivity contribution in [3.8, 4) is 0 Å². The lowest BCUT2D eigenvalue weighted by Crippen LogP contribution is -2.50. The second-order valence-electron chi connectivity index (χ2n) is 7.93. The summed E-state index contributed by atoms with van der Waals surface area (Å²) in [5.74, 6) is -1.21. The highest BCUT2D eigenvalue weighted by atomic mass is 19.1. The zero-order chi connectivity index (χ0) is 22.5. The maximum Gasteiger partial charge on any atom is 0.256 e. The lowest BCUT2D eigenvalue weighted by atomic mass is 9.96. The van der Waals surface area contributed by atoms with Gasteiger partial charge in [0.05, 0.1) is 11.6 Å². The van der Waals surface area contributed by atoms with Crippen LogP contribution in [0.25, 0.3) is 0 Å². The van der Waals surface area contributed by atoms with E-state index in [-0.39, 0.29) is 23.4 Å². The van der Waals surface area contributed by atoms with Crippen LogP contribution in [0.4, 0.5) is 10.1 Å². The van der Waals surface area contributed by atoms with Gasteiger partial charge in [0.1, 0.15) is 5.82 Å². The van der Waals surface area contributed by atoms with Gasteiger partial charge in [-0.3, -0.25) is 14.5 Å². The smallest absolute Gasteiger partial charge is 0.256 e. The summed E-state index contributed by atoms with van der Waals surface area (Å²) < 4.78 is 14.4. The minimum atomic E-state index is -0.585. The van der Waals surface area contributed by atoms with Gasteiger partial charge < -0.3 is 10.2 Å². The average Bonchev–Trinajstić information content (AvgIpc) is 2.82. The Morgan fingerprint density at radius 2 is 1.41 bits per heavy atom. The Kier molecular flexibility index (Phi) is 6.61. The van der Waals surface area contributed by atoms with Gasteiger partial charge >= 0.3 is 0 Å². The summed E-state index contributed by atoms with van der Waals surface area (Å²) in [7, 11) is 0. The van der Waals surface area contributed by atoms with Crippen LogP contribution in [0.3, 0.4) is 0 Å². The molecule has 6 heteroatoms. The van der Waals surface area contributed by atoms with Crippen LogP contribution in [0.5, 0.6) is 0 Å². The number of piperazine rings is 1. The summed E-state index contributed by atoms with van der Waals surface area (Å²) >= 11 is 0. The number of carbonyl (C=O) groups excluding carboxylic acids is 2. The van der Waals surface area contributed by atoms with E-state index in [0.717, 1.165) is 0 Å². The predicted octanol–water partition coefficient (Wildman–Crippen LogP) is 4.33. The van der Waals surface area contributed by atoms with Crippen molar-refractivity contribution >= 4 is 17.5 Å². The Balaban J connectivity index is 1.51. The molecule has 0 radical (unpaired) electrons. The highest BCUT2D eigenvalue weighted by molar-refractivity contribution is 5.97. The molecule has 1 fully saturated rings. The van der Waals surface area contributed by atoms with Crippen LogP contribution in [0.1, 0.15) is 34.5 Å². The van der Waals surface area contributed by atoms with Gasteiger partial charge in [-0.15, -0.1) is 0 Å². The number of nitrogens with one attached hydrogen (secondary N) is 1. The first-order valence-electron chi connectivity index (χ1n) is 10.7. The zero-order valence-corrected chi connectivity index (χ0v) is 18.0. The molecule has 1 N–H and O–H groups in total. The van der Waals surface area contributed by atoms with Crippen LogP contribution in [-0.2, 0) is 4.79 Å². The number of nitrogens with zero attached hydrogens (tertiary/aromatic N) is 2. The Morgan fingerprint density at radius 1 is 0.844 bits per heavy atom. The highest BCUT2D eigenvalue weighted by Gasteiger charge is 2.29. The summed E-state index contributed by atoms with van der Waals surface area (Å²) in [4.78, 5) is 28.4. The van der Waals surface area contributed by atoms with Crippen LogP contribution in [0.15, 0.2) is 78.9 Å². The number of anilines is 1. The molecular weight excluding hydrogens is 405 g/mol. The largest absolute Gasteiger partial charge is 0.336 e. The molecule has 0 bridgehead atoms. The third-order valence-electron chi connectivity index (χ3n) is 5.71. The first-order valence-corrected chi connectivity index (χ1v) is 10.7. The molecule has 164 valence electrons. The third kappa shape index (κ3) is 4.86. The number of hydrogen-bond acceptors (Lipinski definition) is 3. The average molecular weight is 432 g/mol. The molecule has 3 aromatic carbocycles. The quantitative estimate of drug-likeness (QED) is 0.654. The van der Waals surface area contributed by atoms with Gasteiger partial charge in [0.15, 0.2) is 0 Å². The van der Waals surface area contributed by atoms with Crippen molar-refractivity contribution in [2.24, 2.45) is 0 Å². The van der Waals surface area contributed by atoms with Gasteiger partial charge in [0.25, 0.3) is 5.91 Å².